The van der Waals surface area contributed by atoms with Crippen molar-refractivity contribution in [3.63, 3.8) is 0 Å². The van der Waals surface area contributed by atoms with Gasteiger partial charge in [-0.25, -0.2) is 4.79 Å². The third-order valence-electron chi connectivity index (χ3n) is 5.30. The molecule has 2 aliphatic heterocycles. The van der Waals surface area contributed by atoms with Crippen molar-refractivity contribution >= 4 is 40.6 Å². The Morgan fingerprint density at radius 2 is 2.06 bits per heavy atom. The van der Waals surface area contributed by atoms with Crippen molar-refractivity contribution in [3.05, 3.63) is 80.9 Å². The zero-order valence-electron chi connectivity index (χ0n) is 18.2. The number of fused-ring (bicyclic) bond motifs is 1. The van der Waals surface area contributed by atoms with Gasteiger partial charge in [-0.15, -0.1) is 11.3 Å². The smallest absolute Gasteiger partial charge is 0.411 e. The number of methoxy groups -OCH3 is 1. The molecule has 1 aromatic heterocycles. The Bertz CT molecular complexity index is 1190. The van der Waals surface area contributed by atoms with Gasteiger partial charge in [0.15, 0.2) is 0 Å². The maximum atomic E-state index is 12.2. The van der Waals surface area contributed by atoms with Crippen LogP contribution < -0.4 is 15.8 Å². The molecule has 1 unspecified atom stereocenters. The number of amides is 2. The van der Waals surface area contributed by atoms with Gasteiger partial charge < -0.3 is 25.0 Å². The van der Waals surface area contributed by atoms with E-state index >= 15 is 0 Å². The molecule has 2 amide bonds. The quantitative estimate of drug-likeness (QED) is 0.632. The van der Waals surface area contributed by atoms with Crippen molar-refractivity contribution in [1.82, 2.24) is 15.1 Å². The summed E-state index contributed by atoms with van der Waals surface area (Å²) in [6.07, 6.45) is 6.44. The summed E-state index contributed by atoms with van der Waals surface area (Å²) >= 11 is 7.57. The molecular weight excluding hydrogens is 464 g/mol. The number of allylic oxidation sites excluding steroid dienone is 1. The van der Waals surface area contributed by atoms with Crippen molar-refractivity contribution in [2.75, 3.05) is 14.2 Å². The van der Waals surface area contributed by atoms with Crippen molar-refractivity contribution in [1.29, 1.82) is 0 Å². The molecular formula is C23H23ClN4O4S. The number of thiophene rings is 1. The highest BCUT2D eigenvalue weighted by atomic mass is 35.5. The highest BCUT2D eigenvalue weighted by molar-refractivity contribution is 7.15. The third-order valence-corrected chi connectivity index (χ3v) is 6.80. The Morgan fingerprint density at radius 1 is 1.30 bits per heavy atom. The molecule has 0 saturated carbocycles. The molecule has 172 valence electrons. The molecule has 0 fully saturated rings. The van der Waals surface area contributed by atoms with E-state index in [4.69, 9.17) is 22.1 Å². The number of nitrogens with one attached hydrogen (secondary N) is 1. The lowest BCUT2D eigenvalue weighted by Gasteiger charge is -2.30. The summed E-state index contributed by atoms with van der Waals surface area (Å²) in [4.78, 5) is 28.9. The molecule has 2 aromatic rings. The average molecular weight is 487 g/mol. The first-order valence-corrected chi connectivity index (χ1v) is 11.3. The Kier molecular flexibility index (Phi) is 6.35. The van der Waals surface area contributed by atoms with Crippen LogP contribution in [0, 0.1) is 0 Å². The van der Waals surface area contributed by atoms with Crippen molar-refractivity contribution in [2.24, 2.45) is 5.73 Å². The summed E-state index contributed by atoms with van der Waals surface area (Å²) in [5, 5.41) is 3.26. The monoisotopic (exact) mass is 486 g/mol. The molecule has 10 heteroatoms. The van der Waals surface area contributed by atoms with E-state index in [0.29, 0.717) is 21.3 Å². The van der Waals surface area contributed by atoms with Crippen molar-refractivity contribution in [3.8, 4) is 5.75 Å². The minimum Gasteiger partial charge on any atom is -0.484 e. The van der Waals surface area contributed by atoms with Crippen LogP contribution in [0.4, 0.5) is 4.79 Å². The summed E-state index contributed by atoms with van der Waals surface area (Å²) in [6.45, 7) is 1.87. The molecule has 2 atom stereocenters. The lowest BCUT2D eigenvalue weighted by atomic mass is 10.1. The SMILES string of the molecule is COC(=O)NC1=CC2N(C)C=C(c3cc(O[C@@H](C)c4ccccc4Cl)c(C(N)=O)s3)N2C=C1. The Balaban J connectivity index is 1.60. The van der Waals surface area contributed by atoms with Gasteiger partial charge in [0.2, 0.25) is 0 Å². The highest BCUT2D eigenvalue weighted by Crippen LogP contribution is 2.41. The Hall–Kier alpha value is -3.43. The second-order valence-electron chi connectivity index (χ2n) is 7.50. The van der Waals surface area contributed by atoms with Crippen LogP contribution in [0.2, 0.25) is 5.02 Å². The van der Waals surface area contributed by atoms with Crippen LogP contribution in [0.5, 0.6) is 5.75 Å². The molecule has 0 radical (unpaired) electrons. The lowest BCUT2D eigenvalue weighted by molar-refractivity contribution is 0.0998. The first-order chi connectivity index (χ1) is 15.8. The number of likely N-dealkylation sites (N-methyl/N-ethyl adjacent to an activating group) is 1. The third kappa shape index (κ3) is 4.55. The van der Waals surface area contributed by atoms with E-state index in [9.17, 15) is 9.59 Å². The van der Waals surface area contributed by atoms with Gasteiger partial charge in [0.25, 0.3) is 5.91 Å². The summed E-state index contributed by atoms with van der Waals surface area (Å²) in [7, 11) is 3.24. The molecule has 3 N–H and O–H groups in total. The number of nitrogens with zero attached hydrogens (tertiary/aromatic N) is 2. The van der Waals surface area contributed by atoms with Gasteiger partial charge in [-0.05, 0) is 25.1 Å². The largest absolute Gasteiger partial charge is 0.484 e. The first kappa shape index (κ1) is 22.8. The average Bonchev–Trinajstić information content (AvgIpc) is 3.35. The number of nitrogens with two attached hydrogens (primary N) is 1. The summed E-state index contributed by atoms with van der Waals surface area (Å²) in [5.74, 6) is -0.152. The number of primary amides is 1. The fraction of sp³-hybridized carbons (Fsp3) is 0.217. The molecule has 3 heterocycles. The summed E-state index contributed by atoms with van der Waals surface area (Å²) < 4.78 is 10.8. The Morgan fingerprint density at radius 3 is 2.76 bits per heavy atom. The highest BCUT2D eigenvalue weighted by Gasteiger charge is 2.32. The van der Waals surface area contributed by atoms with Gasteiger partial charge in [-0.3, -0.25) is 10.1 Å². The molecule has 0 spiro atoms. The molecule has 0 bridgehead atoms. The fourth-order valence-corrected chi connectivity index (χ4v) is 4.93. The van der Waals surface area contributed by atoms with Gasteiger partial charge in [0.05, 0.1) is 17.7 Å². The fourth-order valence-electron chi connectivity index (χ4n) is 3.68. The molecule has 0 aliphatic carbocycles. The maximum Gasteiger partial charge on any atom is 0.411 e. The predicted molar refractivity (Wildman–Crippen MR) is 127 cm³/mol. The van der Waals surface area contributed by atoms with Crippen molar-refractivity contribution < 1.29 is 19.1 Å². The van der Waals surface area contributed by atoms with Crippen LogP contribution >= 0.6 is 22.9 Å². The summed E-state index contributed by atoms with van der Waals surface area (Å²) in [6, 6.07) is 9.23. The van der Waals surface area contributed by atoms with Crippen LogP contribution in [-0.2, 0) is 4.74 Å². The zero-order valence-corrected chi connectivity index (χ0v) is 19.8. The molecule has 33 heavy (non-hydrogen) atoms. The number of hydrogen-bond donors (Lipinski definition) is 2. The summed E-state index contributed by atoms with van der Waals surface area (Å²) in [5.41, 5.74) is 7.98. The van der Waals surface area contributed by atoms with Crippen LogP contribution in [0.3, 0.4) is 0 Å². The number of hydrogen-bond acceptors (Lipinski definition) is 7. The van der Waals surface area contributed by atoms with E-state index in [2.05, 4.69) is 10.1 Å². The minimum atomic E-state index is -0.560. The van der Waals surface area contributed by atoms with Gasteiger partial charge in [-0.1, -0.05) is 29.8 Å². The lowest BCUT2D eigenvalue weighted by Crippen LogP contribution is -2.36. The van der Waals surface area contributed by atoms with Crippen LogP contribution in [0.15, 0.2) is 60.6 Å². The van der Waals surface area contributed by atoms with Crippen LogP contribution in [0.1, 0.15) is 33.1 Å². The number of halogens is 1. The van der Waals surface area contributed by atoms with E-state index in [1.54, 1.807) is 12.1 Å². The Labute approximate surface area is 200 Å². The predicted octanol–water partition coefficient (Wildman–Crippen LogP) is 4.28. The number of alkyl carbamates (subject to hydrolysis) is 1. The second kappa shape index (κ2) is 9.21. The van der Waals surface area contributed by atoms with E-state index in [-0.39, 0.29) is 12.3 Å². The number of benzene rings is 1. The standard InChI is InChI=1S/C23H23ClN4O4S/c1-13(15-6-4-5-7-16(15)24)32-18-11-19(33-21(18)22(25)29)17-12-27(2)20-10-14(8-9-28(17)20)26-23(30)31-3/h4-13,20H,1-3H3,(H2,25,29)(H,26,30)/t13-,20?/m0/s1. The van der Waals surface area contributed by atoms with Gasteiger partial charge >= 0.3 is 6.09 Å². The second-order valence-corrected chi connectivity index (χ2v) is 8.96. The molecule has 1 aromatic carbocycles. The van der Waals surface area contributed by atoms with E-state index in [1.807, 2.05) is 66.5 Å². The van der Waals surface area contributed by atoms with Gasteiger partial charge in [-0.2, -0.15) is 0 Å². The minimum absolute atomic E-state index is 0.150. The number of ether oxygens (including phenoxy) is 2. The van der Waals surface area contributed by atoms with E-state index < -0.39 is 12.0 Å². The molecule has 8 nitrogen and oxygen atoms in total. The zero-order chi connectivity index (χ0) is 23.7. The van der Waals surface area contributed by atoms with Crippen molar-refractivity contribution in [2.45, 2.75) is 19.2 Å². The number of carbonyl (C=O) groups is 2. The first-order valence-electron chi connectivity index (χ1n) is 10.1. The van der Waals surface area contributed by atoms with Crippen LogP contribution in [0.25, 0.3) is 5.70 Å². The number of carbonyl (C=O) groups excluding carboxylic acids is 2. The van der Waals surface area contributed by atoms with Crippen LogP contribution in [-0.4, -0.2) is 42.1 Å². The van der Waals surface area contributed by atoms with Gasteiger partial charge in [0.1, 0.15) is 22.9 Å². The topological polar surface area (TPSA) is 97.1 Å². The van der Waals surface area contributed by atoms with E-state index in [0.717, 1.165) is 16.1 Å². The normalized spacial score (nSPS) is 17.8. The van der Waals surface area contributed by atoms with Gasteiger partial charge in [0, 0.05) is 41.8 Å². The molecule has 4 rings (SSSR count). The maximum absolute atomic E-state index is 12.2. The number of rotatable bonds is 6. The molecule has 0 saturated heterocycles. The van der Waals surface area contributed by atoms with E-state index in [1.165, 1.54) is 18.4 Å². The molecule has 2 aliphatic rings.